The maximum absolute atomic E-state index is 12.4. The first-order valence-corrected chi connectivity index (χ1v) is 8.11. The number of hydrogen-bond donors (Lipinski definition) is 1. The zero-order chi connectivity index (χ0) is 17.8. The quantitative estimate of drug-likeness (QED) is 0.723. The molecule has 3 aromatic carbocycles. The van der Waals surface area contributed by atoms with Crippen LogP contribution in [0.5, 0.6) is 0 Å². The molecule has 0 radical (unpaired) electrons. The van der Waals surface area contributed by atoms with Crippen molar-refractivity contribution in [1.29, 1.82) is 0 Å². The van der Waals surface area contributed by atoms with Crippen LogP contribution in [0.1, 0.15) is 22.8 Å². The molecule has 0 heterocycles. The van der Waals surface area contributed by atoms with Gasteiger partial charge in [-0.05, 0) is 36.9 Å². The van der Waals surface area contributed by atoms with E-state index in [1.807, 2.05) is 61.5 Å². The van der Waals surface area contributed by atoms with Crippen molar-refractivity contribution in [3.63, 3.8) is 0 Å². The topological polar surface area (TPSA) is 55.4 Å². The summed E-state index contributed by atoms with van der Waals surface area (Å²) in [6.45, 7) is 3.40. The van der Waals surface area contributed by atoms with Gasteiger partial charge in [-0.2, -0.15) is 0 Å². The molecule has 4 nitrogen and oxygen atoms in total. The van der Waals surface area contributed by atoms with Gasteiger partial charge >= 0.3 is 5.97 Å². The average molecular weight is 333 g/mol. The second-order valence-electron chi connectivity index (χ2n) is 5.88. The van der Waals surface area contributed by atoms with Crippen LogP contribution < -0.4 is 5.32 Å². The molecule has 0 unspecified atom stereocenters. The molecule has 3 aromatic rings. The highest BCUT2D eigenvalue weighted by molar-refractivity contribution is 6.04. The molecule has 1 N–H and O–H groups in total. The molecule has 0 aliphatic carbocycles. The minimum absolute atomic E-state index is 0.363. The highest BCUT2D eigenvalue weighted by Gasteiger charge is 2.20. The van der Waals surface area contributed by atoms with Crippen LogP contribution in [0.3, 0.4) is 0 Å². The third-order valence-corrected chi connectivity index (χ3v) is 4.07. The van der Waals surface area contributed by atoms with E-state index in [4.69, 9.17) is 4.74 Å². The number of hydrogen-bond acceptors (Lipinski definition) is 3. The Morgan fingerprint density at radius 3 is 2.40 bits per heavy atom. The summed E-state index contributed by atoms with van der Waals surface area (Å²) in [6.07, 6.45) is -0.897. The minimum atomic E-state index is -0.897. The van der Waals surface area contributed by atoms with E-state index in [-0.39, 0.29) is 5.91 Å². The van der Waals surface area contributed by atoms with Gasteiger partial charge in [0.15, 0.2) is 6.10 Å². The second kappa shape index (κ2) is 7.18. The van der Waals surface area contributed by atoms with Crippen molar-refractivity contribution in [3.8, 4) is 0 Å². The molecule has 4 heteroatoms. The average Bonchev–Trinajstić information content (AvgIpc) is 2.62. The molecule has 0 fully saturated rings. The SMILES string of the molecule is Cc1ccccc1C(=O)O[C@H](C)C(=O)Nc1cccc2ccccc12. The molecular formula is C21H19NO3. The number of carbonyl (C=O) groups excluding carboxylic acids is 2. The molecule has 1 atom stereocenters. The first-order chi connectivity index (χ1) is 12.1. The standard InChI is InChI=1S/C21H19NO3/c1-14-8-3-5-11-17(14)21(24)25-15(2)20(23)22-19-13-7-10-16-9-4-6-12-18(16)19/h3-13,15H,1-2H3,(H,22,23)/t15-/m1/s1. The van der Waals surface area contributed by atoms with E-state index in [1.165, 1.54) is 0 Å². The van der Waals surface area contributed by atoms with Crippen LogP contribution in [0.15, 0.2) is 66.7 Å². The maximum Gasteiger partial charge on any atom is 0.339 e. The number of fused-ring (bicyclic) bond motifs is 1. The lowest BCUT2D eigenvalue weighted by Crippen LogP contribution is -2.30. The second-order valence-corrected chi connectivity index (χ2v) is 5.88. The van der Waals surface area contributed by atoms with Crippen molar-refractivity contribution in [3.05, 3.63) is 77.9 Å². The lowest BCUT2D eigenvalue weighted by atomic mass is 10.1. The summed E-state index contributed by atoms with van der Waals surface area (Å²) >= 11 is 0. The van der Waals surface area contributed by atoms with Crippen LogP contribution in [-0.4, -0.2) is 18.0 Å². The van der Waals surface area contributed by atoms with Crippen LogP contribution in [0.4, 0.5) is 5.69 Å². The van der Waals surface area contributed by atoms with Gasteiger partial charge in [-0.15, -0.1) is 0 Å². The van der Waals surface area contributed by atoms with Crippen molar-refractivity contribution >= 4 is 28.3 Å². The van der Waals surface area contributed by atoms with Gasteiger partial charge in [-0.1, -0.05) is 54.6 Å². The molecule has 1 amide bonds. The number of amides is 1. The van der Waals surface area contributed by atoms with Gasteiger partial charge in [0.25, 0.3) is 5.91 Å². The maximum atomic E-state index is 12.4. The predicted molar refractivity (Wildman–Crippen MR) is 98.6 cm³/mol. The fourth-order valence-electron chi connectivity index (χ4n) is 2.65. The normalized spacial score (nSPS) is 11.8. The van der Waals surface area contributed by atoms with Crippen molar-refractivity contribution in [2.24, 2.45) is 0 Å². The van der Waals surface area contributed by atoms with Crippen LogP contribution >= 0.6 is 0 Å². The van der Waals surface area contributed by atoms with Gasteiger partial charge in [0, 0.05) is 11.1 Å². The Morgan fingerprint density at radius 2 is 1.60 bits per heavy atom. The van der Waals surface area contributed by atoms with Crippen LogP contribution in [0, 0.1) is 6.92 Å². The molecule has 0 aromatic heterocycles. The number of nitrogens with one attached hydrogen (secondary N) is 1. The number of anilines is 1. The molecule has 0 aliphatic heterocycles. The van der Waals surface area contributed by atoms with Crippen molar-refractivity contribution in [2.75, 3.05) is 5.32 Å². The Hall–Kier alpha value is -3.14. The molecule has 0 saturated carbocycles. The monoisotopic (exact) mass is 333 g/mol. The zero-order valence-corrected chi connectivity index (χ0v) is 14.2. The Morgan fingerprint density at radius 1 is 0.920 bits per heavy atom. The summed E-state index contributed by atoms with van der Waals surface area (Å²) in [5, 5.41) is 4.81. The van der Waals surface area contributed by atoms with E-state index in [9.17, 15) is 9.59 Å². The van der Waals surface area contributed by atoms with E-state index in [0.717, 1.165) is 16.3 Å². The lowest BCUT2D eigenvalue weighted by Gasteiger charge is -2.15. The van der Waals surface area contributed by atoms with E-state index in [0.29, 0.717) is 11.3 Å². The van der Waals surface area contributed by atoms with Gasteiger partial charge in [0.1, 0.15) is 0 Å². The zero-order valence-electron chi connectivity index (χ0n) is 14.2. The first kappa shape index (κ1) is 16.7. The van der Waals surface area contributed by atoms with Crippen molar-refractivity contribution in [2.45, 2.75) is 20.0 Å². The van der Waals surface area contributed by atoms with Crippen molar-refractivity contribution in [1.82, 2.24) is 0 Å². The third-order valence-electron chi connectivity index (χ3n) is 4.07. The van der Waals surface area contributed by atoms with E-state index in [1.54, 1.807) is 19.1 Å². The number of carbonyl (C=O) groups is 2. The molecule has 25 heavy (non-hydrogen) atoms. The van der Waals surface area contributed by atoms with E-state index in [2.05, 4.69) is 5.32 Å². The Bertz CT molecular complexity index is 928. The number of esters is 1. The largest absolute Gasteiger partial charge is 0.449 e. The smallest absolute Gasteiger partial charge is 0.339 e. The van der Waals surface area contributed by atoms with E-state index >= 15 is 0 Å². The lowest BCUT2D eigenvalue weighted by molar-refractivity contribution is -0.123. The fourth-order valence-corrected chi connectivity index (χ4v) is 2.65. The number of aryl methyl sites for hydroxylation is 1. The van der Waals surface area contributed by atoms with Gasteiger partial charge in [-0.25, -0.2) is 4.79 Å². The summed E-state index contributed by atoms with van der Waals surface area (Å²) in [5.74, 6) is -0.864. The molecule has 0 spiro atoms. The minimum Gasteiger partial charge on any atom is -0.449 e. The Labute approximate surface area is 146 Å². The molecule has 3 rings (SSSR count). The van der Waals surface area contributed by atoms with Gasteiger partial charge in [0.05, 0.1) is 5.56 Å². The third kappa shape index (κ3) is 3.69. The van der Waals surface area contributed by atoms with Gasteiger partial charge in [0.2, 0.25) is 0 Å². The number of ether oxygens (including phenoxy) is 1. The number of benzene rings is 3. The summed E-state index contributed by atoms with van der Waals surface area (Å²) in [7, 11) is 0. The van der Waals surface area contributed by atoms with Crippen LogP contribution in [-0.2, 0) is 9.53 Å². The van der Waals surface area contributed by atoms with Gasteiger partial charge in [-0.3, -0.25) is 4.79 Å². The first-order valence-electron chi connectivity index (χ1n) is 8.11. The fraction of sp³-hybridized carbons (Fsp3) is 0.143. The summed E-state index contributed by atoms with van der Waals surface area (Å²) in [5.41, 5.74) is 1.98. The Balaban J connectivity index is 1.72. The molecule has 0 saturated heterocycles. The molecule has 126 valence electrons. The van der Waals surface area contributed by atoms with Gasteiger partial charge < -0.3 is 10.1 Å². The van der Waals surface area contributed by atoms with Crippen LogP contribution in [0.25, 0.3) is 10.8 Å². The Kier molecular flexibility index (Phi) is 4.80. The molecular weight excluding hydrogens is 314 g/mol. The van der Waals surface area contributed by atoms with Crippen molar-refractivity contribution < 1.29 is 14.3 Å². The highest BCUT2D eigenvalue weighted by atomic mass is 16.5. The summed E-state index contributed by atoms with van der Waals surface area (Å²) in [4.78, 5) is 24.7. The van der Waals surface area contributed by atoms with Crippen LogP contribution in [0.2, 0.25) is 0 Å². The highest BCUT2D eigenvalue weighted by Crippen LogP contribution is 2.23. The summed E-state index contributed by atoms with van der Waals surface area (Å²) < 4.78 is 5.31. The molecule has 0 bridgehead atoms. The summed E-state index contributed by atoms with van der Waals surface area (Å²) in [6, 6.07) is 20.6. The predicted octanol–water partition coefficient (Wildman–Crippen LogP) is 4.33. The number of rotatable bonds is 4. The molecule has 0 aliphatic rings. The van der Waals surface area contributed by atoms with E-state index < -0.39 is 12.1 Å².